The Kier molecular flexibility index (Phi) is 8.97. The average molecular weight is 482 g/mol. The van der Waals surface area contributed by atoms with Gasteiger partial charge in [-0.05, 0) is 40.0 Å². The van der Waals surface area contributed by atoms with Crippen molar-refractivity contribution in [1.82, 2.24) is 20.5 Å². The van der Waals surface area contributed by atoms with Crippen molar-refractivity contribution in [2.45, 2.75) is 45.0 Å². The van der Waals surface area contributed by atoms with Crippen LogP contribution < -0.4 is 10.6 Å². The number of rotatable bonds is 7. The van der Waals surface area contributed by atoms with Gasteiger partial charge in [-0.15, -0.1) is 0 Å². The van der Waals surface area contributed by atoms with E-state index in [1.54, 1.807) is 19.1 Å². The van der Waals surface area contributed by atoms with Gasteiger partial charge in [0, 0.05) is 18.2 Å². The Balaban J connectivity index is 1.63. The lowest BCUT2D eigenvalue weighted by molar-refractivity contribution is -0.144. The molecule has 0 aliphatic carbocycles. The number of hydrogen-bond acceptors (Lipinski definition) is 8. The van der Waals surface area contributed by atoms with Crippen LogP contribution in [-0.2, 0) is 18.9 Å². The van der Waals surface area contributed by atoms with Crippen LogP contribution in [-0.4, -0.2) is 84.2 Å². The highest BCUT2D eigenvalue weighted by atomic mass is 16.6. The van der Waals surface area contributed by atoms with Crippen LogP contribution in [0.3, 0.4) is 0 Å². The predicted molar refractivity (Wildman–Crippen MR) is 130 cm³/mol. The van der Waals surface area contributed by atoms with Crippen molar-refractivity contribution in [1.29, 1.82) is 0 Å². The van der Waals surface area contributed by atoms with Gasteiger partial charge in [-0.25, -0.2) is 4.98 Å². The first kappa shape index (κ1) is 26.3. The molecular formula is C24H31BN4O6. The molecule has 2 amide bonds. The highest BCUT2D eigenvalue weighted by Crippen LogP contribution is 2.16. The van der Waals surface area contributed by atoms with E-state index in [1.165, 1.54) is 13.0 Å². The lowest BCUT2D eigenvalue weighted by Gasteiger charge is -2.33. The Bertz CT molecular complexity index is 1040. The van der Waals surface area contributed by atoms with Gasteiger partial charge in [0.05, 0.1) is 18.2 Å². The maximum absolute atomic E-state index is 12.8. The number of hydrogen-bond donors (Lipinski definition) is 3. The second-order valence-electron chi connectivity index (χ2n) is 8.60. The van der Waals surface area contributed by atoms with Crippen LogP contribution in [0.15, 0.2) is 48.5 Å². The van der Waals surface area contributed by atoms with Crippen molar-refractivity contribution < 1.29 is 28.8 Å². The fourth-order valence-corrected chi connectivity index (χ4v) is 3.52. The number of carbonyl (C=O) groups excluding carboxylic acids is 3. The van der Waals surface area contributed by atoms with E-state index in [4.69, 9.17) is 9.31 Å². The molecule has 10 nitrogen and oxygen atoms in total. The third-order valence-electron chi connectivity index (χ3n) is 5.96. The Morgan fingerprint density at radius 1 is 1.20 bits per heavy atom. The van der Waals surface area contributed by atoms with E-state index >= 15 is 0 Å². The lowest BCUT2D eigenvalue weighted by Crippen LogP contribution is -2.56. The predicted octanol–water partition coefficient (Wildman–Crippen LogP) is 0.654. The molecule has 0 saturated carbocycles. The molecule has 3 N–H and O–H groups in total. The zero-order valence-electron chi connectivity index (χ0n) is 20.3. The summed E-state index contributed by atoms with van der Waals surface area (Å²) in [6, 6.07) is 12.6. The van der Waals surface area contributed by atoms with Crippen LogP contribution in [0.4, 0.5) is 0 Å². The summed E-state index contributed by atoms with van der Waals surface area (Å²) < 4.78 is 11.0. The van der Waals surface area contributed by atoms with Crippen LogP contribution in [0.25, 0.3) is 11.3 Å². The van der Waals surface area contributed by atoms with E-state index in [2.05, 4.69) is 15.6 Å². The molecule has 1 aromatic heterocycles. The van der Waals surface area contributed by atoms with Crippen molar-refractivity contribution in [3.8, 4) is 11.3 Å². The molecule has 1 aromatic carbocycles. The number of pyridine rings is 1. The van der Waals surface area contributed by atoms with Crippen molar-refractivity contribution in [2.24, 2.45) is 0 Å². The standard InChI is InChI=1S/C24H31BN4O6/c1-15-13-34-25(35-24(33)16(2)29(15)4)14-26-23(32)21(17(3)30)28-22(31)20-12-8-11-19(27-20)18-9-6-5-7-10-18/h5-12,15-17,21,30H,13-14H2,1-4H3,(H,26,32)(H,28,31)/t15-,16-,17+,21?/m0/s1. The van der Waals surface area contributed by atoms with Gasteiger partial charge in [-0.3, -0.25) is 19.3 Å². The molecule has 3 rings (SSSR count). The molecule has 1 unspecified atom stereocenters. The topological polar surface area (TPSA) is 130 Å². The van der Waals surface area contributed by atoms with Gasteiger partial charge < -0.3 is 25.0 Å². The van der Waals surface area contributed by atoms with E-state index in [0.717, 1.165) is 5.56 Å². The van der Waals surface area contributed by atoms with Gasteiger partial charge >= 0.3 is 13.1 Å². The van der Waals surface area contributed by atoms with Gasteiger partial charge in [-0.1, -0.05) is 36.4 Å². The first-order chi connectivity index (χ1) is 16.7. The second kappa shape index (κ2) is 11.9. The van der Waals surface area contributed by atoms with E-state index < -0.39 is 43.1 Å². The summed E-state index contributed by atoms with van der Waals surface area (Å²) in [6.07, 6.45) is -1.32. The minimum Gasteiger partial charge on any atom is -0.507 e. The van der Waals surface area contributed by atoms with Gasteiger partial charge in [0.2, 0.25) is 5.91 Å². The number of aliphatic hydroxyl groups excluding tert-OH is 1. The van der Waals surface area contributed by atoms with E-state index in [9.17, 15) is 19.5 Å². The zero-order valence-corrected chi connectivity index (χ0v) is 20.3. The van der Waals surface area contributed by atoms with Gasteiger partial charge in [-0.2, -0.15) is 0 Å². The minimum atomic E-state index is -1.25. The number of aliphatic hydroxyl groups is 1. The molecule has 0 spiro atoms. The summed E-state index contributed by atoms with van der Waals surface area (Å²) in [5.41, 5.74) is 1.55. The number of nitrogens with zero attached hydrogens (tertiary/aromatic N) is 2. The van der Waals surface area contributed by atoms with Crippen molar-refractivity contribution in [3.63, 3.8) is 0 Å². The number of likely N-dealkylation sites (N-methyl/N-ethyl adjacent to an activating group) is 1. The largest absolute Gasteiger partial charge is 0.547 e. The third-order valence-corrected chi connectivity index (χ3v) is 5.96. The van der Waals surface area contributed by atoms with Gasteiger partial charge in [0.25, 0.3) is 5.91 Å². The molecule has 35 heavy (non-hydrogen) atoms. The van der Waals surface area contributed by atoms with Crippen molar-refractivity contribution >= 4 is 24.9 Å². The molecule has 1 aliphatic rings. The molecule has 0 bridgehead atoms. The van der Waals surface area contributed by atoms with Crippen LogP contribution in [0, 0.1) is 0 Å². The highest BCUT2D eigenvalue weighted by molar-refractivity contribution is 6.47. The van der Waals surface area contributed by atoms with Crippen LogP contribution in [0.2, 0.25) is 0 Å². The molecule has 1 aliphatic heterocycles. The number of amides is 2. The van der Waals surface area contributed by atoms with Crippen LogP contribution >= 0.6 is 0 Å². The first-order valence-electron chi connectivity index (χ1n) is 11.5. The Morgan fingerprint density at radius 3 is 2.60 bits per heavy atom. The Labute approximate surface area is 205 Å². The van der Waals surface area contributed by atoms with Gasteiger partial charge in [0.1, 0.15) is 17.8 Å². The maximum Gasteiger partial charge on any atom is 0.547 e. The number of aromatic nitrogens is 1. The quantitative estimate of drug-likeness (QED) is 0.491. The fourth-order valence-electron chi connectivity index (χ4n) is 3.52. The first-order valence-corrected chi connectivity index (χ1v) is 11.5. The van der Waals surface area contributed by atoms with E-state index in [1.807, 2.05) is 49.2 Å². The second-order valence-corrected chi connectivity index (χ2v) is 8.60. The summed E-state index contributed by atoms with van der Waals surface area (Å²) in [6.45, 7) is 5.35. The molecular weight excluding hydrogens is 451 g/mol. The van der Waals surface area contributed by atoms with Crippen LogP contribution in [0.5, 0.6) is 0 Å². The summed E-state index contributed by atoms with van der Waals surface area (Å²) >= 11 is 0. The molecule has 2 heterocycles. The smallest absolute Gasteiger partial charge is 0.507 e. The summed E-state index contributed by atoms with van der Waals surface area (Å²) in [5, 5.41) is 15.3. The molecule has 1 saturated heterocycles. The van der Waals surface area contributed by atoms with Crippen molar-refractivity contribution in [3.05, 3.63) is 54.2 Å². The maximum atomic E-state index is 12.8. The molecule has 186 valence electrons. The minimum absolute atomic E-state index is 0.0281. The molecule has 1 fully saturated rings. The normalized spacial score (nSPS) is 20.7. The van der Waals surface area contributed by atoms with Crippen molar-refractivity contribution in [2.75, 3.05) is 20.1 Å². The summed E-state index contributed by atoms with van der Waals surface area (Å²) in [4.78, 5) is 44.1. The number of nitrogens with one attached hydrogen (secondary N) is 2. The Hall–Kier alpha value is -3.28. The summed E-state index contributed by atoms with van der Waals surface area (Å²) in [5.74, 6) is -1.72. The zero-order chi connectivity index (χ0) is 25.5. The molecule has 4 atom stereocenters. The monoisotopic (exact) mass is 482 g/mol. The Morgan fingerprint density at radius 2 is 1.91 bits per heavy atom. The fraction of sp³-hybridized carbons (Fsp3) is 0.417. The molecule has 0 radical (unpaired) electrons. The molecule has 11 heteroatoms. The SMILES string of the molecule is C[C@@H](O)C(NC(=O)c1cccc(-c2ccccc2)n1)C(=O)NCB1OC[C@H](C)N(C)[C@@H](C)C(=O)O1. The average Bonchev–Trinajstić information content (AvgIpc) is 2.87. The highest BCUT2D eigenvalue weighted by Gasteiger charge is 2.35. The van der Waals surface area contributed by atoms with E-state index in [-0.39, 0.29) is 18.2 Å². The van der Waals surface area contributed by atoms with Gasteiger partial charge in [0.15, 0.2) is 0 Å². The molecule has 2 aromatic rings. The number of carbonyl (C=O) groups is 3. The lowest BCUT2D eigenvalue weighted by atomic mass is 9.88. The number of benzene rings is 1. The van der Waals surface area contributed by atoms with Crippen LogP contribution in [0.1, 0.15) is 31.3 Å². The third kappa shape index (κ3) is 6.88. The van der Waals surface area contributed by atoms with E-state index in [0.29, 0.717) is 12.3 Å². The summed E-state index contributed by atoms with van der Waals surface area (Å²) in [7, 11) is 0.821.